The Kier molecular flexibility index (Phi) is 4.39. The van der Waals surface area contributed by atoms with Crippen molar-refractivity contribution in [3.8, 4) is 0 Å². The van der Waals surface area contributed by atoms with E-state index in [1.54, 1.807) is 0 Å². The summed E-state index contributed by atoms with van der Waals surface area (Å²) in [5.74, 6) is 0.0525. The Labute approximate surface area is 94.4 Å². The first-order chi connectivity index (χ1) is 7.40. The van der Waals surface area contributed by atoms with Crippen LogP contribution >= 0.6 is 0 Å². The van der Waals surface area contributed by atoms with Crippen molar-refractivity contribution < 1.29 is 18.0 Å². The zero-order valence-electron chi connectivity index (χ0n) is 9.70. The first-order valence-electron chi connectivity index (χ1n) is 6.00. The highest BCUT2D eigenvalue weighted by molar-refractivity contribution is 5.85. The molecule has 1 aliphatic carbocycles. The Balaban J connectivity index is 2.39. The second-order valence-corrected chi connectivity index (χ2v) is 4.73. The van der Waals surface area contributed by atoms with Gasteiger partial charge in [0.15, 0.2) is 0 Å². The van der Waals surface area contributed by atoms with Gasteiger partial charge in [-0.25, -0.2) is 0 Å². The van der Waals surface area contributed by atoms with Gasteiger partial charge in [-0.1, -0.05) is 19.8 Å². The summed E-state index contributed by atoms with van der Waals surface area (Å²) in [5, 5.41) is 0. The van der Waals surface area contributed by atoms with Crippen LogP contribution in [0.15, 0.2) is 0 Å². The van der Waals surface area contributed by atoms with Crippen LogP contribution in [0.1, 0.15) is 58.3 Å². The van der Waals surface area contributed by atoms with E-state index in [-0.39, 0.29) is 24.0 Å². The van der Waals surface area contributed by atoms with Crippen molar-refractivity contribution in [2.24, 2.45) is 5.41 Å². The van der Waals surface area contributed by atoms with Crippen LogP contribution in [0.3, 0.4) is 0 Å². The predicted molar refractivity (Wildman–Crippen MR) is 56.1 cm³/mol. The molecule has 0 unspecified atom stereocenters. The van der Waals surface area contributed by atoms with Crippen molar-refractivity contribution in [3.63, 3.8) is 0 Å². The number of carbonyl (C=O) groups is 1. The molecule has 0 bridgehead atoms. The van der Waals surface area contributed by atoms with Crippen molar-refractivity contribution in [1.82, 2.24) is 0 Å². The second-order valence-electron chi connectivity index (χ2n) is 4.73. The highest BCUT2D eigenvalue weighted by atomic mass is 19.4. The quantitative estimate of drug-likeness (QED) is 0.697. The minimum atomic E-state index is -4.13. The smallest absolute Gasteiger partial charge is 0.299 e. The number of Topliss-reactive ketones (excluding diaryl/α,β-unsaturated/α-hetero) is 1. The van der Waals surface area contributed by atoms with E-state index in [2.05, 4.69) is 0 Å². The molecule has 16 heavy (non-hydrogen) atoms. The van der Waals surface area contributed by atoms with Crippen molar-refractivity contribution in [1.29, 1.82) is 0 Å². The number of hydrogen-bond donors (Lipinski definition) is 0. The molecule has 0 N–H and O–H groups in total. The van der Waals surface area contributed by atoms with Gasteiger partial charge in [0.2, 0.25) is 0 Å². The summed E-state index contributed by atoms with van der Waals surface area (Å²) in [7, 11) is 0. The summed E-state index contributed by atoms with van der Waals surface area (Å²) in [6.07, 6.45) is -0.330. The molecule has 1 rings (SSSR count). The maximum atomic E-state index is 11.9. The molecule has 0 heterocycles. The average Bonchev–Trinajstić information content (AvgIpc) is 2.65. The van der Waals surface area contributed by atoms with E-state index in [1.807, 2.05) is 6.92 Å². The molecule has 0 radical (unpaired) electrons. The highest BCUT2D eigenvalue weighted by Gasteiger charge is 2.38. The van der Waals surface area contributed by atoms with Gasteiger partial charge in [-0.15, -0.1) is 0 Å². The van der Waals surface area contributed by atoms with Crippen LogP contribution in [-0.4, -0.2) is 12.0 Å². The number of hydrogen-bond acceptors (Lipinski definition) is 1. The molecule has 0 aromatic carbocycles. The van der Waals surface area contributed by atoms with Crippen LogP contribution in [0, 0.1) is 5.41 Å². The fraction of sp³-hybridized carbons (Fsp3) is 0.917. The van der Waals surface area contributed by atoms with E-state index in [1.165, 1.54) is 0 Å². The van der Waals surface area contributed by atoms with Crippen molar-refractivity contribution >= 4 is 5.78 Å². The van der Waals surface area contributed by atoms with Crippen LogP contribution < -0.4 is 0 Å². The molecule has 0 spiro atoms. The molecule has 94 valence electrons. The van der Waals surface area contributed by atoms with Gasteiger partial charge >= 0.3 is 6.18 Å². The fourth-order valence-corrected chi connectivity index (χ4v) is 2.60. The van der Waals surface area contributed by atoms with E-state index in [0.717, 1.165) is 32.1 Å². The highest BCUT2D eigenvalue weighted by Crippen LogP contribution is 2.43. The van der Waals surface area contributed by atoms with Crippen LogP contribution in [0.25, 0.3) is 0 Å². The molecule has 0 atom stereocenters. The first kappa shape index (κ1) is 13.5. The van der Waals surface area contributed by atoms with Gasteiger partial charge in [-0.3, -0.25) is 4.79 Å². The van der Waals surface area contributed by atoms with Crippen LogP contribution in [0.2, 0.25) is 0 Å². The summed E-state index contributed by atoms with van der Waals surface area (Å²) in [5.41, 5.74) is -0.286. The maximum Gasteiger partial charge on any atom is 0.389 e. The van der Waals surface area contributed by atoms with Gasteiger partial charge in [0.05, 0.1) is 0 Å². The molecule has 0 aromatic rings. The second kappa shape index (κ2) is 5.19. The van der Waals surface area contributed by atoms with E-state index in [0.29, 0.717) is 0 Å². The maximum absolute atomic E-state index is 11.9. The lowest BCUT2D eigenvalue weighted by molar-refractivity contribution is -0.139. The Morgan fingerprint density at radius 1 is 1.25 bits per heavy atom. The first-order valence-corrected chi connectivity index (χ1v) is 6.00. The minimum Gasteiger partial charge on any atom is -0.299 e. The molecule has 0 aliphatic heterocycles. The zero-order chi connectivity index (χ0) is 12.2. The SMILES string of the molecule is CCC1(C(=O)CCCC(F)(F)F)CCCC1. The summed E-state index contributed by atoms with van der Waals surface area (Å²) < 4.78 is 35.8. The lowest BCUT2D eigenvalue weighted by Crippen LogP contribution is -2.27. The molecule has 4 heteroatoms. The Bertz CT molecular complexity index is 239. The standard InChI is InChI=1S/C12H19F3O/c1-2-11(7-3-4-8-11)10(16)6-5-9-12(13,14)15/h2-9H2,1H3. The molecule has 0 saturated heterocycles. The van der Waals surface area contributed by atoms with Gasteiger partial charge in [0, 0.05) is 18.3 Å². The molecule has 1 nitrogen and oxygen atoms in total. The molecular formula is C12H19F3O. The Morgan fingerprint density at radius 3 is 2.25 bits per heavy atom. The van der Waals surface area contributed by atoms with E-state index in [4.69, 9.17) is 0 Å². The average molecular weight is 236 g/mol. The normalized spacial score (nSPS) is 20.0. The molecular weight excluding hydrogens is 217 g/mol. The number of carbonyl (C=O) groups excluding carboxylic acids is 1. The lowest BCUT2D eigenvalue weighted by Gasteiger charge is -2.25. The van der Waals surface area contributed by atoms with Crippen molar-refractivity contribution in [3.05, 3.63) is 0 Å². The number of ketones is 1. The molecule has 0 aromatic heterocycles. The monoisotopic (exact) mass is 236 g/mol. The molecule has 1 aliphatic rings. The fourth-order valence-electron chi connectivity index (χ4n) is 2.60. The molecule has 0 amide bonds. The van der Waals surface area contributed by atoms with Gasteiger partial charge in [0.1, 0.15) is 5.78 Å². The zero-order valence-corrected chi connectivity index (χ0v) is 9.70. The largest absolute Gasteiger partial charge is 0.389 e. The van der Waals surface area contributed by atoms with Gasteiger partial charge in [-0.2, -0.15) is 13.2 Å². The van der Waals surface area contributed by atoms with Gasteiger partial charge in [0.25, 0.3) is 0 Å². The Hall–Kier alpha value is -0.540. The van der Waals surface area contributed by atoms with E-state index < -0.39 is 12.6 Å². The number of alkyl halides is 3. The molecule has 1 fully saturated rings. The van der Waals surface area contributed by atoms with Crippen LogP contribution in [0.4, 0.5) is 13.2 Å². The summed E-state index contributed by atoms with van der Waals surface area (Å²) in [4.78, 5) is 11.9. The third-order valence-corrected chi connectivity index (χ3v) is 3.69. The number of rotatable bonds is 5. The number of halogens is 3. The lowest BCUT2D eigenvalue weighted by atomic mass is 9.77. The van der Waals surface area contributed by atoms with E-state index in [9.17, 15) is 18.0 Å². The minimum absolute atomic E-state index is 0.0515. The molecule has 1 saturated carbocycles. The Morgan fingerprint density at radius 2 is 1.81 bits per heavy atom. The summed E-state index contributed by atoms with van der Waals surface area (Å²) in [6.45, 7) is 1.97. The van der Waals surface area contributed by atoms with Crippen molar-refractivity contribution in [2.45, 2.75) is 64.5 Å². The van der Waals surface area contributed by atoms with Crippen molar-refractivity contribution in [2.75, 3.05) is 0 Å². The summed E-state index contributed by atoms with van der Waals surface area (Å²) in [6, 6.07) is 0. The van der Waals surface area contributed by atoms with E-state index >= 15 is 0 Å². The third kappa shape index (κ3) is 3.49. The third-order valence-electron chi connectivity index (χ3n) is 3.69. The van der Waals surface area contributed by atoms with Gasteiger partial charge in [-0.05, 0) is 25.7 Å². The van der Waals surface area contributed by atoms with Crippen LogP contribution in [-0.2, 0) is 4.79 Å². The predicted octanol–water partition coefficient (Wildman–Crippen LogP) is 4.26. The van der Waals surface area contributed by atoms with Gasteiger partial charge < -0.3 is 0 Å². The summed E-state index contributed by atoms with van der Waals surface area (Å²) >= 11 is 0. The topological polar surface area (TPSA) is 17.1 Å². The van der Waals surface area contributed by atoms with Crippen LogP contribution in [0.5, 0.6) is 0 Å².